The number of piperazine rings is 1. The first-order valence-electron chi connectivity index (χ1n) is 10.3. The molecule has 0 spiro atoms. The molecular formula is C21H29N5O2S. The number of amides is 2. The molecule has 2 aliphatic rings. The van der Waals surface area contributed by atoms with E-state index in [0.717, 1.165) is 54.2 Å². The summed E-state index contributed by atoms with van der Waals surface area (Å²) in [5, 5.41) is 4.00. The molecule has 1 atom stereocenters. The predicted molar refractivity (Wildman–Crippen MR) is 115 cm³/mol. The first-order valence-corrected chi connectivity index (χ1v) is 11.2. The van der Waals surface area contributed by atoms with Crippen LogP contribution in [-0.4, -0.2) is 83.9 Å². The molecule has 4 rings (SSSR count). The molecule has 1 saturated heterocycles. The van der Waals surface area contributed by atoms with Gasteiger partial charge in [-0.25, -0.2) is 4.98 Å². The van der Waals surface area contributed by atoms with E-state index < -0.39 is 0 Å². The highest BCUT2D eigenvalue weighted by Gasteiger charge is 2.27. The minimum absolute atomic E-state index is 0.0488. The van der Waals surface area contributed by atoms with Gasteiger partial charge in [-0.1, -0.05) is 12.1 Å². The largest absolute Gasteiger partial charge is 0.352 e. The van der Waals surface area contributed by atoms with Gasteiger partial charge in [0.15, 0.2) is 0 Å². The number of likely N-dealkylation sites (N-methyl/N-ethyl adjacent to an activating group) is 1. The third-order valence-corrected chi connectivity index (χ3v) is 6.98. The molecule has 29 heavy (non-hydrogen) atoms. The molecule has 2 aromatic rings. The zero-order valence-electron chi connectivity index (χ0n) is 17.1. The number of para-hydroxylation sites is 1. The first-order chi connectivity index (χ1) is 14.0. The van der Waals surface area contributed by atoms with E-state index in [-0.39, 0.29) is 17.9 Å². The lowest BCUT2D eigenvalue weighted by atomic mass is 10.2. The van der Waals surface area contributed by atoms with E-state index in [9.17, 15) is 9.59 Å². The standard InChI is InChI=1S/C21H29N5O2S/c1-15(21-23-17-5-3-4-6-18(17)29-21)24(2)20(28)14-26-11-9-25(10-12-26)13-19(27)22-16-7-8-16/h3-6,15-16H,7-14H2,1-2H3,(H,22,27)/t15-/m1/s1. The number of nitrogens with one attached hydrogen (secondary N) is 1. The van der Waals surface area contributed by atoms with Gasteiger partial charge in [0.1, 0.15) is 5.01 Å². The summed E-state index contributed by atoms with van der Waals surface area (Å²) in [4.78, 5) is 35.6. The van der Waals surface area contributed by atoms with Crippen molar-refractivity contribution in [3.63, 3.8) is 0 Å². The smallest absolute Gasteiger partial charge is 0.237 e. The van der Waals surface area contributed by atoms with E-state index in [1.54, 1.807) is 16.2 Å². The van der Waals surface area contributed by atoms with Gasteiger partial charge in [-0.3, -0.25) is 19.4 Å². The minimum atomic E-state index is -0.0488. The Balaban J connectivity index is 1.25. The summed E-state index contributed by atoms with van der Waals surface area (Å²) in [5.41, 5.74) is 0.988. The third-order valence-electron chi connectivity index (χ3n) is 5.78. The number of rotatable bonds is 7. The molecular weight excluding hydrogens is 386 g/mol. The van der Waals surface area contributed by atoms with Crippen molar-refractivity contribution in [2.45, 2.75) is 31.8 Å². The van der Waals surface area contributed by atoms with Crippen LogP contribution in [0.1, 0.15) is 30.8 Å². The molecule has 2 heterocycles. The van der Waals surface area contributed by atoms with Crippen LogP contribution in [0.2, 0.25) is 0 Å². The summed E-state index contributed by atoms with van der Waals surface area (Å²) >= 11 is 1.65. The lowest BCUT2D eigenvalue weighted by molar-refractivity contribution is -0.134. The fourth-order valence-corrected chi connectivity index (χ4v) is 4.63. The molecule has 1 N–H and O–H groups in total. The van der Waals surface area contributed by atoms with E-state index in [1.165, 1.54) is 0 Å². The van der Waals surface area contributed by atoms with Gasteiger partial charge in [0.05, 0.1) is 29.3 Å². The Hall–Kier alpha value is -2.03. The number of carbonyl (C=O) groups is 2. The number of nitrogens with zero attached hydrogens (tertiary/aromatic N) is 4. The Bertz CT molecular complexity index is 840. The Morgan fingerprint density at radius 2 is 1.83 bits per heavy atom. The summed E-state index contributed by atoms with van der Waals surface area (Å²) < 4.78 is 1.15. The lowest BCUT2D eigenvalue weighted by Gasteiger charge is -2.35. The van der Waals surface area contributed by atoms with Crippen LogP contribution in [0.5, 0.6) is 0 Å². The molecule has 0 bridgehead atoms. The van der Waals surface area contributed by atoms with Crippen LogP contribution in [0.4, 0.5) is 0 Å². The second-order valence-electron chi connectivity index (χ2n) is 8.09. The molecule has 1 aliphatic heterocycles. The maximum Gasteiger partial charge on any atom is 0.237 e. The number of hydrogen-bond donors (Lipinski definition) is 1. The summed E-state index contributed by atoms with van der Waals surface area (Å²) in [6.45, 7) is 6.18. The summed E-state index contributed by atoms with van der Waals surface area (Å²) in [7, 11) is 1.86. The van der Waals surface area contributed by atoms with Crippen molar-refractivity contribution >= 4 is 33.4 Å². The maximum absolute atomic E-state index is 12.8. The Kier molecular flexibility index (Phi) is 6.12. The number of carbonyl (C=O) groups excluding carboxylic acids is 2. The highest BCUT2D eigenvalue weighted by molar-refractivity contribution is 7.18. The molecule has 8 heteroatoms. The minimum Gasteiger partial charge on any atom is -0.352 e. The van der Waals surface area contributed by atoms with Gasteiger partial charge < -0.3 is 10.2 Å². The van der Waals surface area contributed by atoms with Crippen molar-refractivity contribution < 1.29 is 9.59 Å². The van der Waals surface area contributed by atoms with Crippen molar-refractivity contribution in [2.75, 3.05) is 46.3 Å². The van der Waals surface area contributed by atoms with E-state index in [2.05, 4.69) is 21.2 Å². The van der Waals surface area contributed by atoms with Crippen LogP contribution < -0.4 is 5.32 Å². The van der Waals surface area contributed by atoms with Crippen molar-refractivity contribution in [1.82, 2.24) is 25.0 Å². The molecule has 1 aliphatic carbocycles. The van der Waals surface area contributed by atoms with Crippen molar-refractivity contribution in [3.8, 4) is 0 Å². The van der Waals surface area contributed by atoms with Gasteiger partial charge in [0, 0.05) is 39.3 Å². The quantitative estimate of drug-likeness (QED) is 0.746. The second-order valence-corrected chi connectivity index (χ2v) is 9.16. The number of benzene rings is 1. The maximum atomic E-state index is 12.8. The van der Waals surface area contributed by atoms with E-state index in [0.29, 0.717) is 19.1 Å². The molecule has 0 unspecified atom stereocenters. The average molecular weight is 416 g/mol. The van der Waals surface area contributed by atoms with Crippen LogP contribution in [0, 0.1) is 0 Å². The Morgan fingerprint density at radius 3 is 2.48 bits per heavy atom. The number of fused-ring (bicyclic) bond motifs is 1. The fraction of sp³-hybridized carbons (Fsp3) is 0.571. The SMILES string of the molecule is C[C@H](c1nc2ccccc2s1)N(C)C(=O)CN1CCN(CC(=O)NC2CC2)CC1. The van der Waals surface area contributed by atoms with E-state index in [1.807, 2.05) is 32.2 Å². The van der Waals surface area contributed by atoms with Crippen LogP contribution in [-0.2, 0) is 9.59 Å². The van der Waals surface area contributed by atoms with Crippen molar-refractivity contribution in [3.05, 3.63) is 29.3 Å². The van der Waals surface area contributed by atoms with Gasteiger partial charge in [-0.05, 0) is 31.9 Å². The van der Waals surface area contributed by atoms with Crippen LogP contribution >= 0.6 is 11.3 Å². The van der Waals surface area contributed by atoms with Gasteiger partial charge in [-0.15, -0.1) is 11.3 Å². The highest BCUT2D eigenvalue weighted by Crippen LogP contribution is 2.28. The van der Waals surface area contributed by atoms with Crippen molar-refractivity contribution in [1.29, 1.82) is 0 Å². The topological polar surface area (TPSA) is 68.8 Å². The number of hydrogen-bond acceptors (Lipinski definition) is 6. The van der Waals surface area contributed by atoms with Gasteiger partial charge >= 0.3 is 0 Å². The molecule has 1 saturated carbocycles. The van der Waals surface area contributed by atoms with Crippen LogP contribution in [0.25, 0.3) is 10.2 Å². The highest BCUT2D eigenvalue weighted by atomic mass is 32.1. The van der Waals surface area contributed by atoms with Gasteiger partial charge in [0.2, 0.25) is 11.8 Å². The molecule has 1 aromatic heterocycles. The van der Waals surface area contributed by atoms with Gasteiger partial charge in [-0.2, -0.15) is 0 Å². The normalized spacial score (nSPS) is 19.2. The number of thiazole rings is 1. The number of aromatic nitrogens is 1. The Labute approximate surface area is 175 Å². The van der Waals surface area contributed by atoms with Crippen LogP contribution in [0.15, 0.2) is 24.3 Å². The molecule has 7 nitrogen and oxygen atoms in total. The zero-order chi connectivity index (χ0) is 20.4. The molecule has 1 aromatic carbocycles. The predicted octanol–water partition coefficient (Wildman–Crippen LogP) is 1.71. The fourth-order valence-electron chi connectivity index (χ4n) is 3.56. The van der Waals surface area contributed by atoms with E-state index in [4.69, 9.17) is 4.98 Å². The zero-order valence-corrected chi connectivity index (χ0v) is 18.0. The van der Waals surface area contributed by atoms with Crippen LogP contribution in [0.3, 0.4) is 0 Å². The summed E-state index contributed by atoms with van der Waals surface area (Å²) in [6, 6.07) is 8.44. The molecule has 2 fully saturated rings. The van der Waals surface area contributed by atoms with E-state index >= 15 is 0 Å². The summed E-state index contributed by atoms with van der Waals surface area (Å²) in [6.07, 6.45) is 2.23. The molecule has 0 radical (unpaired) electrons. The molecule has 2 amide bonds. The summed E-state index contributed by atoms with van der Waals surface area (Å²) in [5.74, 6) is 0.234. The second kappa shape index (κ2) is 8.77. The third kappa shape index (κ3) is 5.12. The Morgan fingerprint density at radius 1 is 1.17 bits per heavy atom. The van der Waals surface area contributed by atoms with Crippen molar-refractivity contribution in [2.24, 2.45) is 0 Å². The van der Waals surface area contributed by atoms with Gasteiger partial charge in [0.25, 0.3) is 0 Å². The lowest BCUT2D eigenvalue weighted by Crippen LogP contribution is -2.51. The first kappa shape index (κ1) is 20.3. The average Bonchev–Trinajstić information content (AvgIpc) is 3.42. The monoisotopic (exact) mass is 415 g/mol. The molecule has 156 valence electrons.